The monoisotopic (exact) mass is 453 g/mol. The molecule has 168 valence electrons. The molecule has 1 N–H and O–H groups in total. The Labute approximate surface area is 188 Å². The Balaban J connectivity index is 1.66. The topological polar surface area (TPSA) is 90.8 Å². The van der Waals surface area contributed by atoms with Gasteiger partial charge in [-0.1, -0.05) is 48.5 Å². The molecule has 3 aromatic rings. The molecule has 0 bridgehead atoms. The number of nitrogens with zero attached hydrogens (tertiary/aromatic N) is 3. The van der Waals surface area contributed by atoms with Crippen LogP contribution in [0.3, 0.4) is 0 Å². The highest BCUT2D eigenvalue weighted by Gasteiger charge is 2.25. The molecular weight excluding hydrogens is 426 g/mol. The van der Waals surface area contributed by atoms with Crippen LogP contribution in [0.4, 0.5) is 0 Å². The molecule has 0 unspecified atom stereocenters. The fourth-order valence-corrected chi connectivity index (χ4v) is 4.76. The molecule has 2 heterocycles. The molecule has 8 heteroatoms. The van der Waals surface area contributed by atoms with Crippen molar-refractivity contribution in [3.63, 3.8) is 0 Å². The summed E-state index contributed by atoms with van der Waals surface area (Å²) in [6.07, 6.45) is 1.26. The summed E-state index contributed by atoms with van der Waals surface area (Å²) in [4.78, 5) is 21.6. The van der Waals surface area contributed by atoms with Crippen LogP contribution in [0.1, 0.15) is 15.9 Å². The molecule has 2 aromatic carbocycles. The number of piperazine rings is 1. The van der Waals surface area contributed by atoms with E-state index in [2.05, 4.69) is 9.80 Å². The van der Waals surface area contributed by atoms with Gasteiger partial charge in [0.15, 0.2) is 0 Å². The van der Waals surface area contributed by atoms with Crippen LogP contribution in [-0.4, -0.2) is 79.0 Å². The highest BCUT2D eigenvalue weighted by Crippen LogP contribution is 2.31. The van der Waals surface area contributed by atoms with E-state index in [-0.39, 0.29) is 5.75 Å². The Morgan fingerprint density at radius 2 is 1.59 bits per heavy atom. The van der Waals surface area contributed by atoms with E-state index in [0.717, 1.165) is 31.7 Å². The van der Waals surface area contributed by atoms with E-state index in [9.17, 15) is 18.3 Å². The van der Waals surface area contributed by atoms with Crippen LogP contribution in [0, 0.1) is 0 Å². The number of sulfone groups is 1. The Morgan fingerprint density at radius 1 is 0.969 bits per heavy atom. The minimum atomic E-state index is -2.99. The Hall–Kier alpha value is -2.81. The summed E-state index contributed by atoms with van der Waals surface area (Å²) >= 11 is 0. The Morgan fingerprint density at radius 3 is 2.25 bits per heavy atom. The number of hydrogen-bond acceptors (Lipinski definition) is 6. The lowest BCUT2D eigenvalue weighted by molar-refractivity contribution is 0.0695. The van der Waals surface area contributed by atoms with Crippen LogP contribution >= 0.6 is 0 Å². The molecule has 0 aliphatic carbocycles. The number of fused-ring (bicyclic) bond motifs is 1. The summed E-state index contributed by atoms with van der Waals surface area (Å²) in [5, 5.41) is 10.8. The quantitative estimate of drug-likeness (QED) is 0.588. The molecule has 1 fully saturated rings. The summed E-state index contributed by atoms with van der Waals surface area (Å²) in [6, 6.07) is 17.1. The van der Waals surface area contributed by atoms with Gasteiger partial charge in [0.1, 0.15) is 9.84 Å². The summed E-state index contributed by atoms with van der Waals surface area (Å²) in [5.74, 6) is -0.800. The smallest absolute Gasteiger partial charge is 0.336 e. The maximum atomic E-state index is 12.4. The Kier molecular flexibility index (Phi) is 6.55. The predicted molar refractivity (Wildman–Crippen MR) is 126 cm³/mol. The van der Waals surface area contributed by atoms with E-state index in [4.69, 9.17) is 4.98 Å². The summed E-state index contributed by atoms with van der Waals surface area (Å²) in [5.41, 5.74) is 3.27. The zero-order valence-corrected chi connectivity index (χ0v) is 18.9. The number of aromatic carboxylic acids is 1. The number of hydrogen-bond donors (Lipinski definition) is 1. The highest BCUT2D eigenvalue weighted by molar-refractivity contribution is 7.90. The molecule has 4 rings (SSSR count). The van der Waals surface area contributed by atoms with Gasteiger partial charge in [-0.2, -0.15) is 0 Å². The fourth-order valence-electron chi connectivity index (χ4n) is 4.17. The molecule has 0 spiro atoms. The number of pyridine rings is 1. The third-order valence-electron chi connectivity index (χ3n) is 5.88. The second-order valence-electron chi connectivity index (χ2n) is 8.25. The van der Waals surface area contributed by atoms with Crippen LogP contribution in [0.5, 0.6) is 0 Å². The first-order valence-corrected chi connectivity index (χ1v) is 12.7. The lowest BCUT2D eigenvalue weighted by Crippen LogP contribution is -2.47. The maximum absolute atomic E-state index is 12.4. The normalized spacial score (nSPS) is 15.8. The molecule has 0 atom stereocenters. The zero-order chi connectivity index (χ0) is 22.7. The number of carbonyl (C=O) groups is 1. The number of rotatable bonds is 7. The third-order valence-corrected chi connectivity index (χ3v) is 6.80. The first-order chi connectivity index (χ1) is 15.3. The van der Waals surface area contributed by atoms with Crippen molar-refractivity contribution in [1.82, 2.24) is 14.8 Å². The van der Waals surface area contributed by atoms with Crippen LogP contribution in [0.2, 0.25) is 0 Å². The highest BCUT2D eigenvalue weighted by atomic mass is 32.2. The van der Waals surface area contributed by atoms with Crippen LogP contribution in [0.25, 0.3) is 22.2 Å². The summed E-state index contributed by atoms with van der Waals surface area (Å²) < 4.78 is 22.9. The van der Waals surface area contributed by atoms with Crippen molar-refractivity contribution in [1.29, 1.82) is 0 Å². The first-order valence-electron chi connectivity index (χ1n) is 10.6. The van der Waals surface area contributed by atoms with Gasteiger partial charge >= 0.3 is 5.97 Å². The predicted octanol–water partition coefficient (Wildman–Crippen LogP) is 2.76. The molecule has 1 aliphatic heterocycles. The number of benzene rings is 2. The summed E-state index contributed by atoms with van der Waals surface area (Å²) in [7, 11) is -2.99. The van der Waals surface area contributed by atoms with Crippen molar-refractivity contribution in [3.05, 3.63) is 65.7 Å². The van der Waals surface area contributed by atoms with Gasteiger partial charge < -0.3 is 5.11 Å². The lowest BCUT2D eigenvalue weighted by Gasteiger charge is -2.35. The van der Waals surface area contributed by atoms with Gasteiger partial charge in [-0.05, 0) is 6.07 Å². The fraction of sp³-hybridized carbons (Fsp3) is 0.333. The van der Waals surface area contributed by atoms with Gasteiger partial charge in [-0.25, -0.2) is 18.2 Å². The second-order valence-corrected chi connectivity index (χ2v) is 10.5. The molecule has 1 aromatic heterocycles. The van der Waals surface area contributed by atoms with Gasteiger partial charge in [0, 0.05) is 62.0 Å². The number of carboxylic acid groups (broad SMARTS) is 1. The molecule has 7 nitrogen and oxygen atoms in total. The second kappa shape index (κ2) is 9.36. The minimum absolute atomic E-state index is 0.156. The van der Waals surface area contributed by atoms with Crippen molar-refractivity contribution in [2.24, 2.45) is 0 Å². The average molecular weight is 454 g/mol. The number of carboxylic acids is 1. The molecular formula is C24H27N3O4S. The van der Waals surface area contributed by atoms with Crippen molar-refractivity contribution in [2.45, 2.75) is 6.54 Å². The van der Waals surface area contributed by atoms with Crippen LogP contribution < -0.4 is 0 Å². The molecule has 0 saturated carbocycles. The summed E-state index contributed by atoms with van der Waals surface area (Å²) in [6.45, 7) is 3.98. The van der Waals surface area contributed by atoms with E-state index < -0.39 is 15.8 Å². The SMILES string of the molecule is CS(=O)(=O)CCN1CCN(Cc2c(-c3ccccc3)nc3ccccc3c2C(=O)O)CC1. The van der Waals surface area contributed by atoms with Crippen LogP contribution in [-0.2, 0) is 16.4 Å². The van der Waals surface area contributed by atoms with Gasteiger partial charge in [-0.3, -0.25) is 9.80 Å². The Bertz CT molecular complexity index is 1220. The molecule has 0 radical (unpaired) electrons. The largest absolute Gasteiger partial charge is 0.478 e. The van der Waals surface area contributed by atoms with Gasteiger partial charge in [0.2, 0.25) is 0 Å². The van der Waals surface area contributed by atoms with Crippen molar-refractivity contribution in [3.8, 4) is 11.3 Å². The van der Waals surface area contributed by atoms with Crippen molar-refractivity contribution < 1.29 is 18.3 Å². The van der Waals surface area contributed by atoms with Gasteiger partial charge in [0.05, 0.1) is 22.5 Å². The van der Waals surface area contributed by atoms with Crippen molar-refractivity contribution >= 4 is 26.7 Å². The molecule has 1 saturated heterocycles. The lowest BCUT2D eigenvalue weighted by atomic mass is 9.96. The zero-order valence-electron chi connectivity index (χ0n) is 18.1. The number of aromatic nitrogens is 1. The van der Waals surface area contributed by atoms with Gasteiger partial charge in [0.25, 0.3) is 0 Å². The third kappa shape index (κ3) is 5.15. The first kappa shape index (κ1) is 22.4. The van der Waals surface area contributed by atoms with E-state index in [1.165, 1.54) is 6.26 Å². The molecule has 1 aliphatic rings. The van der Waals surface area contributed by atoms with Crippen LogP contribution in [0.15, 0.2) is 54.6 Å². The number of para-hydroxylation sites is 1. The standard InChI is InChI=1S/C24H27N3O4S/c1-32(30,31)16-15-26-11-13-27(14-12-26)17-20-22(24(28)29)19-9-5-6-10-21(19)25-23(20)18-7-3-2-4-8-18/h2-10H,11-17H2,1H3,(H,28,29). The van der Waals surface area contributed by atoms with Gasteiger partial charge in [-0.15, -0.1) is 0 Å². The average Bonchev–Trinajstić information content (AvgIpc) is 2.78. The van der Waals surface area contributed by atoms with E-state index in [1.807, 2.05) is 54.6 Å². The maximum Gasteiger partial charge on any atom is 0.336 e. The van der Waals surface area contributed by atoms with Crippen molar-refractivity contribution in [2.75, 3.05) is 44.7 Å². The van der Waals surface area contributed by atoms with E-state index in [1.54, 1.807) is 0 Å². The molecule has 32 heavy (non-hydrogen) atoms. The minimum Gasteiger partial charge on any atom is -0.478 e. The van der Waals surface area contributed by atoms with E-state index >= 15 is 0 Å². The van der Waals surface area contributed by atoms with E-state index in [0.29, 0.717) is 40.8 Å². The molecule has 0 amide bonds.